The summed E-state index contributed by atoms with van der Waals surface area (Å²) in [6.07, 6.45) is 5.53. The number of fused-ring (bicyclic) bond motifs is 2. The van der Waals surface area contributed by atoms with Crippen molar-refractivity contribution in [3.05, 3.63) is 47.3 Å². The van der Waals surface area contributed by atoms with Crippen molar-refractivity contribution in [2.45, 2.75) is 58.2 Å². The molecular weight excluding hydrogens is 362 g/mol. The second-order valence-corrected chi connectivity index (χ2v) is 8.85. The number of hydrogen-bond acceptors (Lipinski definition) is 3. The maximum atomic E-state index is 6.05. The summed E-state index contributed by atoms with van der Waals surface area (Å²) in [5.74, 6) is 1.52. The molecule has 2 aliphatic carbocycles. The molecule has 6 nitrogen and oxygen atoms in total. The second kappa shape index (κ2) is 7.17. The van der Waals surface area contributed by atoms with E-state index in [1.165, 1.54) is 31.2 Å². The van der Waals surface area contributed by atoms with Crippen LogP contribution in [0.5, 0.6) is 0 Å². The van der Waals surface area contributed by atoms with Gasteiger partial charge in [0.05, 0.1) is 17.5 Å². The van der Waals surface area contributed by atoms with Gasteiger partial charge in [-0.2, -0.15) is 5.10 Å². The van der Waals surface area contributed by atoms with Crippen LogP contribution < -0.4 is 10.6 Å². The number of nitrogens with zero attached hydrogens (tertiary/aromatic N) is 3. The van der Waals surface area contributed by atoms with Crippen molar-refractivity contribution in [2.24, 2.45) is 16.3 Å². The van der Waals surface area contributed by atoms with E-state index in [1.807, 2.05) is 18.7 Å². The van der Waals surface area contributed by atoms with Crippen LogP contribution in [0.2, 0.25) is 0 Å². The van der Waals surface area contributed by atoms with Crippen molar-refractivity contribution < 1.29 is 4.74 Å². The van der Waals surface area contributed by atoms with Gasteiger partial charge in [0.1, 0.15) is 0 Å². The van der Waals surface area contributed by atoms with Gasteiger partial charge in [-0.25, -0.2) is 4.68 Å². The average Bonchev–Trinajstić information content (AvgIpc) is 3.25. The molecule has 3 fully saturated rings. The summed E-state index contributed by atoms with van der Waals surface area (Å²) >= 11 is 0. The van der Waals surface area contributed by atoms with Crippen molar-refractivity contribution in [3.8, 4) is 5.69 Å². The first-order chi connectivity index (χ1) is 14.1. The standard InChI is InChI=1S/C23H31N5O/c1-15-13-16(2)28(27-15)19-8-5-4-7-17(19)14-25-22(24-3)26-20-18-9-12-29-21(18)23(20)10-6-11-23/h4-5,7-8,13,18,20-21H,6,9-12,14H2,1-3H3,(H2,24,25,26). The van der Waals surface area contributed by atoms with Crippen LogP contribution in [0.3, 0.4) is 0 Å². The van der Waals surface area contributed by atoms with E-state index in [1.54, 1.807) is 0 Å². The summed E-state index contributed by atoms with van der Waals surface area (Å²) in [6, 6.07) is 11.0. The van der Waals surface area contributed by atoms with Crippen molar-refractivity contribution in [3.63, 3.8) is 0 Å². The molecule has 3 aliphatic rings. The molecule has 1 saturated heterocycles. The first-order valence-electron chi connectivity index (χ1n) is 10.8. The molecule has 1 aromatic carbocycles. The largest absolute Gasteiger partial charge is 0.377 e. The minimum Gasteiger partial charge on any atom is -0.377 e. The number of aliphatic imine (C=N–C) groups is 1. The number of ether oxygens (including phenoxy) is 1. The first-order valence-corrected chi connectivity index (χ1v) is 10.8. The number of benzene rings is 1. The fourth-order valence-electron chi connectivity index (χ4n) is 5.72. The van der Waals surface area contributed by atoms with E-state index in [0.717, 1.165) is 29.6 Å². The van der Waals surface area contributed by atoms with Crippen LogP contribution in [0.1, 0.15) is 42.6 Å². The molecule has 0 bridgehead atoms. The van der Waals surface area contributed by atoms with Gasteiger partial charge in [-0.1, -0.05) is 24.6 Å². The van der Waals surface area contributed by atoms with Gasteiger partial charge in [-0.3, -0.25) is 4.99 Å². The molecule has 1 aromatic heterocycles. The lowest BCUT2D eigenvalue weighted by Crippen LogP contribution is -2.72. The number of para-hydroxylation sites is 1. The summed E-state index contributed by atoms with van der Waals surface area (Å²) in [5, 5.41) is 12.0. The predicted molar refractivity (Wildman–Crippen MR) is 114 cm³/mol. The van der Waals surface area contributed by atoms with E-state index >= 15 is 0 Å². The highest BCUT2D eigenvalue weighted by Gasteiger charge is 2.66. The van der Waals surface area contributed by atoms with Crippen LogP contribution in [0.15, 0.2) is 35.3 Å². The van der Waals surface area contributed by atoms with Gasteiger partial charge in [0.15, 0.2) is 5.96 Å². The lowest BCUT2D eigenvalue weighted by Gasteiger charge is -2.63. The Hall–Kier alpha value is -2.34. The maximum Gasteiger partial charge on any atom is 0.191 e. The maximum absolute atomic E-state index is 6.05. The highest BCUT2D eigenvalue weighted by molar-refractivity contribution is 5.80. The van der Waals surface area contributed by atoms with E-state index in [2.05, 4.69) is 58.0 Å². The third-order valence-corrected chi connectivity index (χ3v) is 7.23. The minimum atomic E-state index is 0.348. The number of aryl methyl sites for hydroxylation is 2. The Balaban J connectivity index is 1.29. The summed E-state index contributed by atoms with van der Waals surface area (Å²) in [5.41, 5.74) is 4.85. The van der Waals surface area contributed by atoms with Crippen LogP contribution in [0.4, 0.5) is 0 Å². The average molecular weight is 394 g/mol. The third kappa shape index (κ3) is 2.96. The molecule has 1 aliphatic heterocycles. The van der Waals surface area contributed by atoms with Gasteiger partial charge in [0.25, 0.3) is 0 Å². The number of guanidine groups is 1. The zero-order valence-electron chi connectivity index (χ0n) is 17.6. The lowest BCUT2D eigenvalue weighted by atomic mass is 9.46. The molecule has 2 N–H and O–H groups in total. The molecule has 2 saturated carbocycles. The highest BCUT2D eigenvalue weighted by Crippen LogP contribution is 2.62. The zero-order chi connectivity index (χ0) is 20.0. The van der Waals surface area contributed by atoms with Crippen LogP contribution >= 0.6 is 0 Å². The molecule has 0 radical (unpaired) electrons. The summed E-state index contributed by atoms with van der Waals surface area (Å²) < 4.78 is 8.08. The van der Waals surface area contributed by atoms with Gasteiger partial charge >= 0.3 is 0 Å². The van der Waals surface area contributed by atoms with Crippen LogP contribution in [0, 0.1) is 25.2 Å². The van der Waals surface area contributed by atoms with Gasteiger partial charge < -0.3 is 15.4 Å². The summed E-state index contributed by atoms with van der Waals surface area (Å²) in [7, 11) is 1.86. The number of hydrogen-bond donors (Lipinski definition) is 2. The molecule has 6 heteroatoms. The Kier molecular flexibility index (Phi) is 4.62. The lowest BCUT2D eigenvalue weighted by molar-refractivity contribution is -0.171. The van der Waals surface area contributed by atoms with Crippen molar-refractivity contribution in [1.29, 1.82) is 0 Å². The van der Waals surface area contributed by atoms with Gasteiger partial charge in [-0.15, -0.1) is 0 Å². The number of rotatable bonds is 4. The van der Waals surface area contributed by atoms with E-state index in [9.17, 15) is 0 Å². The van der Waals surface area contributed by atoms with E-state index in [0.29, 0.717) is 30.0 Å². The third-order valence-electron chi connectivity index (χ3n) is 7.23. The Morgan fingerprint density at radius 2 is 2.14 bits per heavy atom. The van der Waals surface area contributed by atoms with Crippen molar-refractivity contribution in [1.82, 2.24) is 20.4 Å². The van der Waals surface area contributed by atoms with Crippen molar-refractivity contribution >= 4 is 5.96 Å². The Labute approximate surface area is 172 Å². The number of nitrogens with one attached hydrogen (secondary N) is 2. The summed E-state index contributed by atoms with van der Waals surface area (Å²) in [4.78, 5) is 4.52. The highest BCUT2D eigenvalue weighted by atomic mass is 16.5. The predicted octanol–water partition coefficient (Wildman–Crippen LogP) is 3.11. The molecule has 2 aromatic rings. The molecule has 0 amide bonds. The van der Waals surface area contributed by atoms with Crippen LogP contribution in [-0.4, -0.2) is 41.5 Å². The Bertz CT molecular complexity index is 929. The molecule has 29 heavy (non-hydrogen) atoms. The zero-order valence-corrected chi connectivity index (χ0v) is 17.6. The Morgan fingerprint density at radius 1 is 1.31 bits per heavy atom. The molecule has 3 unspecified atom stereocenters. The molecule has 1 spiro atoms. The van der Waals surface area contributed by atoms with E-state index < -0.39 is 0 Å². The molecule has 3 atom stereocenters. The molecule has 5 rings (SSSR count). The fraction of sp³-hybridized carbons (Fsp3) is 0.565. The Morgan fingerprint density at radius 3 is 2.83 bits per heavy atom. The van der Waals surface area contributed by atoms with Gasteiger partial charge in [-0.05, 0) is 50.8 Å². The monoisotopic (exact) mass is 393 g/mol. The second-order valence-electron chi connectivity index (χ2n) is 8.85. The quantitative estimate of drug-likeness (QED) is 0.619. The van der Waals surface area contributed by atoms with E-state index in [-0.39, 0.29) is 0 Å². The molecule has 154 valence electrons. The fourth-order valence-corrected chi connectivity index (χ4v) is 5.72. The smallest absolute Gasteiger partial charge is 0.191 e. The van der Waals surface area contributed by atoms with Crippen LogP contribution in [0.25, 0.3) is 5.69 Å². The van der Waals surface area contributed by atoms with Gasteiger partial charge in [0, 0.05) is 43.3 Å². The van der Waals surface area contributed by atoms with Crippen molar-refractivity contribution in [2.75, 3.05) is 13.7 Å². The van der Waals surface area contributed by atoms with Crippen LogP contribution in [-0.2, 0) is 11.3 Å². The minimum absolute atomic E-state index is 0.348. The number of aromatic nitrogens is 2. The molecule has 2 heterocycles. The van der Waals surface area contributed by atoms with E-state index in [4.69, 9.17) is 4.74 Å². The topological polar surface area (TPSA) is 63.5 Å². The van der Waals surface area contributed by atoms with Gasteiger partial charge in [0.2, 0.25) is 0 Å². The SMILES string of the molecule is CN=C(NCc1ccccc1-n1nc(C)cc1C)NC1C2CCOC2C12CCC2. The summed E-state index contributed by atoms with van der Waals surface area (Å²) in [6.45, 7) is 5.75. The normalized spacial score (nSPS) is 27.3. The first kappa shape index (κ1) is 18.7. The molecular formula is C23H31N5O.